The van der Waals surface area contributed by atoms with Crippen molar-refractivity contribution < 1.29 is 14.6 Å². The number of ether oxygens (including phenoxy) is 2. The molecule has 0 spiro atoms. The minimum atomic E-state index is -0.293. The Hall–Kier alpha value is -0.380. The van der Waals surface area contributed by atoms with Gasteiger partial charge < -0.3 is 14.6 Å². The maximum atomic E-state index is 9.83. The van der Waals surface area contributed by atoms with E-state index in [2.05, 4.69) is 13.0 Å². The van der Waals surface area contributed by atoms with E-state index in [1.165, 1.54) is 5.57 Å². The molecule has 3 nitrogen and oxygen atoms in total. The Kier molecular flexibility index (Phi) is 4.58. The van der Waals surface area contributed by atoms with Gasteiger partial charge in [-0.15, -0.1) is 0 Å². The van der Waals surface area contributed by atoms with Crippen LogP contribution in [0.3, 0.4) is 0 Å². The van der Waals surface area contributed by atoms with Gasteiger partial charge >= 0.3 is 0 Å². The largest absolute Gasteiger partial charge is 0.392 e. The molecular formula is C11H20O3. The van der Waals surface area contributed by atoms with E-state index in [0.717, 1.165) is 6.42 Å². The van der Waals surface area contributed by atoms with Crippen molar-refractivity contribution in [3.63, 3.8) is 0 Å². The summed E-state index contributed by atoms with van der Waals surface area (Å²) in [7, 11) is 3.36. The van der Waals surface area contributed by atoms with Gasteiger partial charge in [-0.25, -0.2) is 0 Å². The van der Waals surface area contributed by atoms with Gasteiger partial charge in [-0.05, 0) is 13.3 Å². The van der Waals surface area contributed by atoms with Gasteiger partial charge in [-0.2, -0.15) is 0 Å². The zero-order valence-electron chi connectivity index (χ0n) is 9.19. The number of hydrogen-bond donors (Lipinski definition) is 1. The highest BCUT2D eigenvalue weighted by Gasteiger charge is 2.32. The van der Waals surface area contributed by atoms with E-state index in [0.29, 0.717) is 19.1 Å². The quantitative estimate of drug-likeness (QED) is 0.693. The van der Waals surface area contributed by atoms with E-state index in [1.807, 2.05) is 0 Å². The number of hydrogen-bond acceptors (Lipinski definition) is 3. The van der Waals surface area contributed by atoms with Gasteiger partial charge in [0, 0.05) is 26.1 Å². The summed E-state index contributed by atoms with van der Waals surface area (Å²) in [6.45, 7) is 3.35. The van der Waals surface area contributed by atoms with E-state index in [4.69, 9.17) is 9.47 Å². The van der Waals surface area contributed by atoms with E-state index in [-0.39, 0.29) is 12.0 Å². The van der Waals surface area contributed by atoms with Gasteiger partial charge in [0.2, 0.25) is 0 Å². The lowest BCUT2D eigenvalue weighted by molar-refractivity contribution is -0.00127. The summed E-state index contributed by atoms with van der Waals surface area (Å²) in [5, 5.41) is 9.83. The number of aliphatic hydroxyl groups is 1. The van der Waals surface area contributed by atoms with Crippen molar-refractivity contribution in [2.75, 3.05) is 27.4 Å². The normalized spacial score (nSPS) is 32.9. The topological polar surface area (TPSA) is 38.7 Å². The molecule has 0 aromatic rings. The third kappa shape index (κ3) is 2.56. The van der Waals surface area contributed by atoms with Gasteiger partial charge in [-0.3, -0.25) is 0 Å². The van der Waals surface area contributed by atoms with Crippen molar-refractivity contribution in [2.45, 2.75) is 19.4 Å². The van der Waals surface area contributed by atoms with Crippen LogP contribution in [0, 0.1) is 11.8 Å². The van der Waals surface area contributed by atoms with Crippen molar-refractivity contribution in [2.24, 2.45) is 11.8 Å². The molecule has 0 bridgehead atoms. The van der Waals surface area contributed by atoms with Gasteiger partial charge in [0.15, 0.2) is 0 Å². The lowest BCUT2D eigenvalue weighted by Gasteiger charge is -2.34. The van der Waals surface area contributed by atoms with E-state index in [9.17, 15) is 5.11 Å². The average molecular weight is 200 g/mol. The molecule has 0 aromatic carbocycles. The van der Waals surface area contributed by atoms with E-state index in [1.54, 1.807) is 14.2 Å². The fourth-order valence-corrected chi connectivity index (χ4v) is 2.09. The van der Waals surface area contributed by atoms with Crippen molar-refractivity contribution in [3.05, 3.63) is 11.6 Å². The Morgan fingerprint density at radius 3 is 2.57 bits per heavy atom. The monoisotopic (exact) mass is 200 g/mol. The summed E-state index contributed by atoms with van der Waals surface area (Å²) in [5.74, 6) is 0.466. The van der Waals surface area contributed by atoms with Crippen LogP contribution < -0.4 is 0 Å². The SMILES string of the molecule is COC[C@@H]1[C@H](O)CC=C(C)[C@@H]1COC. The molecule has 3 heteroatoms. The van der Waals surface area contributed by atoms with Crippen LogP contribution in [-0.2, 0) is 9.47 Å². The van der Waals surface area contributed by atoms with Gasteiger partial charge in [0.05, 0.1) is 19.3 Å². The summed E-state index contributed by atoms with van der Waals surface area (Å²) in [4.78, 5) is 0. The Morgan fingerprint density at radius 1 is 1.36 bits per heavy atom. The molecule has 1 rings (SSSR count). The minimum absolute atomic E-state index is 0.171. The minimum Gasteiger partial charge on any atom is -0.392 e. The maximum Gasteiger partial charge on any atom is 0.0631 e. The Morgan fingerprint density at radius 2 is 2.00 bits per heavy atom. The Bertz CT molecular complexity index is 201. The Balaban J connectivity index is 2.70. The lowest BCUT2D eigenvalue weighted by atomic mass is 9.78. The summed E-state index contributed by atoms with van der Waals surface area (Å²) in [6.07, 6.45) is 2.54. The first-order valence-electron chi connectivity index (χ1n) is 5.03. The van der Waals surface area contributed by atoms with Crippen molar-refractivity contribution in [1.29, 1.82) is 0 Å². The summed E-state index contributed by atoms with van der Waals surface area (Å²) >= 11 is 0. The molecule has 0 fully saturated rings. The average Bonchev–Trinajstić information content (AvgIpc) is 2.17. The maximum absolute atomic E-state index is 9.83. The highest BCUT2D eigenvalue weighted by atomic mass is 16.5. The Labute approximate surface area is 85.7 Å². The summed E-state index contributed by atoms with van der Waals surface area (Å²) < 4.78 is 10.3. The van der Waals surface area contributed by atoms with Crippen LogP contribution in [-0.4, -0.2) is 38.6 Å². The van der Waals surface area contributed by atoms with Gasteiger partial charge in [-0.1, -0.05) is 11.6 Å². The molecule has 0 aliphatic heterocycles. The smallest absolute Gasteiger partial charge is 0.0631 e. The number of methoxy groups -OCH3 is 2. The van der Waals surface area contributed by atoms with Crippen LogP contribution in [0.1, 0.15) is 13.3 Å². The summed E-state index contributed by atoms with van der Waals surface area (Å²) in [5.41, 5.74) is 1.30. The standard InChI is InChI=1S/C11H20O3/c1-8-4-5-11(12)10(7-14-3)9(8)6-13-2/h4,9-12H,5-7H2,1-3H3/t9-,10-,11+/m0/s1. The first kappa shape index (κ1) is 11.7. The first-order chi connectivity index (χ1) is 6.70. The molecule has 0 unspecified atom stereocenters. The second kappa shape index (κ2) is 5.49. The van der Waals surface area contributed by atoms with Crippen molar-refractivity contribution in [1.82, 2.24) is 0 Å². The van der Waals surface area contributed by atoms with E-state index >= 15 is 0 Å². The molecule has 1 aliphatic rings. The van der Waals surface area contributed by atoms with Crippen LogP contribution in [0.25, 0.3) is 0 Å². The third-order valence-corrected chi connectivity index (χ3v) is 2.98. The van der Waals surface area contributed by atoms with Crippen molar-refractivity contribution >= 4 is 0 Å². The lowest BCUT2D eigenvalue weighted by Crippen LogP contribution is -2.37. The molecule has 0 radical (unpaired) electrons. The zero-order chi connectivity index (χ0) is 10.6. The molecule has 3 atom stereocenters. The first-order valence-corrected chi connectivity index (χ1v) is 5.03. The molecule has 0 amide bonds. The third-order valence-electron chi connectivity index (χ3n) is 2.98. The van der Waals surface area contributed by atoms with Crippen LogP contribution in [0.4, 0.5) is 0 Å². The highest BCUT2D eigenvalue weighted by Crippen LogP contribution is 2.31. The highest BCUT2D eigenvalue weighted by molar-refractivity contribution is 5.11. The number of rotatable bonds is 4. The fraction of sp³-hybridized carbons (Fsp3) is 0.818. The van der Waals surface area contributed by atoms with Gasteiger partial charge in [0.25, 0.3) is 0 Å². The molecule has 1 N–H and O–H groups in total. The molecule has 14 heavy (non-hydrogen) atoms. The molecule has 0 saturated heterocycles. The van der Waals surface area contributed by atoms with Gasteiger partial charge in [0.1, 0.15) is 0 Å². The van der Waals surface area contributed by atoms with Crippen LogP contribution in [0.15, 0.2) is 11.6 Å². The summed E-state index contributed by atoms with van der Waals surface area (Å²) in [6, 6.07) is 0. The predicted molar refractivity (Wildman–Crippen MR) is 55.1 cm³/mol. The van der Waals surface area contributed by atoms with Crippen molar-refractivity contribution in [3.8, 4) is 0 Å². The fourth-order valence-electron chi connectivity index (χ4n) is 2.09. The molecular weight excluding hydrogens is 180 g/mol. The second-order valence-corrected chi connectivity index (χ2v) is 3.93. The molecule has 0 saturated carbocycles. The molecule has 0 aromatic heterocycles. The molecule has 82 valence electrons. The van der Waals surface area contributed by atoms with Crippen LogP contribution >= 0.6 is 0 Å². The predicted octanol–water partition coefficient (Wildman–Crippen LogP) is 1.22. The molecule has 1 aliphatic carbocycles. The zero-order valence-corrected chi connectivity index (χ0v) is 9.19. The number of aliphatic hydroxyl groups excluding tert-OH is 1. The van der Waals surface area contributed by atoms with Crippen LogP contribution in [0.2, 0.25) is 0 Å². The second-order valence-electron chi connectivity index (χ2n) is 3.93. The van der Waals surface area contributed by atoms with Crippen LogP contribution in [0.5, 0.6) is 0 Å². The molecule has 0 heterocycles. The van der Waals surface area contributed by atoms with E-state index < -0.39 is 0 Å².